The zero-order chi connectivity index (χ0) is 13.0. The van der Waals surface area contributed by atoms with Crippen molar-refractivity contribution in [3.05, 3.63) is 28.8 Å². The molecule has 18 heavy (non-hydrogen) atoms. The predicted molar refractivity (Wildman–Crippen MR) is 76.3 cm³/mol. The average Bonchev–Trinajstić information content (AvgIpc) is 3.12. The van der Waals surface area contributed by atoms with Gasteiger partial charge in [-0.2, -0.15) is 0 Å². The van der Waals surface area contributed by atoms with Gasteiger partial charge >= 0.3 is 0 Å². The third-order valence-electron chi connectivity index (χ3n) is 3.12. The van der Waals surface area contributed by atoms with E-state index in [1.54, 1.807) is 0 Å². The first kappa shape index (κ1) is 13.7. The van der Waals surface area contributed by atoms with E-state index < -0.39 is 0 Å². The van der Waals surface area contributed by atoms with Gasteiger partial charge < -0.3 is 10.1 Å². The highest BCUT2D eigenvalue weighted by molar-refractivity contribution is 6.32. The summed E-state index contributed by atoms with van der Waals surface area (Å²) in [6, 6.07) is 6.80. The summed E-state index contributed by atoms with van der Waals surface area (Å²) in [6.45, 7) is 6.02. The number of nitrogens with one attached hydrogen (secondary N) is 1. The Morgan fingerprint density at radius 1 is 1.39 bits per heavy atom. The smallest absolute Gasteiger partial charge is 0.137 e. The molecule has 0 atom stereocenters. The minimum atomic E-state index is 0.658. The van der Waals surface area contributed by atoms with Gasteiger partial charge in [0.2, 0.25) is 0 Å². The third-order valence-corrected chi connectivity index (χ3v) is 3.42. The number of hydrogen-bond acceptors (Lipinski definition) is 2. The van der Waals surface area contributed by atoms with Crippen LogP contribution in [0.3, 0.4) is 0 Å². The van der Waals surface area contributed by atoms with E-state index in [0.717, 1.165) is 31.4 Å². The van der Waals surface area contributed by atoms with E-state index in [9.17, 15) is 0 Å². The van der Waals surface area contributed by atoms with Gasteiger partial charge in [0.05, 0.1) is 11.6 Å². The Kier molecular flexibility index (Phi) is 4.90. The van der Waals surface area contributed by atoms with E-state index in [4.69, 9.17) is 16.3 Å². The van der Waals surface area contributed by atoms with Crippen molar-refractivity contribution in [2.24, 2.45) is 5.92 Å². The summed E-state index contributed by atoms with van der Waals surface area (Å²) in [6.07, 6.45) is 3.68. The van der Waals surface area contributed by atoms with Crippen molar-refractivity contribution in [3.63, 3.8) is 0 Å². The number of halogens is 1. The first-order valence-corrected chi connectivity index (χ1v) is 7.17. The number of benzene rings is 1. The van der Waals surface area contributed by atoms with Crippen molar-refractivity contribution >= 4 is 11.6 Å². The Hall–Kier alpha value is -0.730. The summed E-state index contributed by atoms with van der Waals surface area (Å²) in [7, 11) is 0. The second-order valence-corrected chi connectivity index (χ2v) is 5.86. The van der Waals surface area contributed by atoms with Gasteiger partial charge in [0.1, 0.15) is 5.75 Å². The van der Waals surface area contributed by atoms with Crippen molar-refractivity contribution in [2.45, 2.75) is 45.7 Å². The third kappa shape index (κ3) is 4.51. The molecule has 1 N–H and O–H groups in total. The molecular weight excluding hydrogens is 246 g/mol. The monoisotopic (exact) mass is 267 g/mol. The zero-order valence-corrected chi connectivity index (χ0v) is 12.0. The fraction of sp³-hybridized carbons (Fsp3) is 0.600. The van der Waals surface area contributed by atoms with Gasteiger partial charge in [0.25, 0.3) is 0 Å². The Morgan fingerprint density at radius 2 is 2.17 bits per heavy atom. The van der Waals surface area contributed by atoms with Crippen LogP contribution in [0.25, 0.3) is 0 Å². The average molecular weight is 268 g/mol. The highest BCUT2D eigenvalue weighted by Crippen LogP contribution is 2.26. The molecule has 3 heteroatoms. The maximum absolute atomic E-state index is 6.22. The summed E-state index contributed by atoms with van der Waals surface area (Å²) in [5, 5.41) is 4.19. The molecule has 0 heterocycles. The normalized spacial score (nSPS) is 15.1. The van der Waals surface area contributed by atoms with E-state index >= 15 is 0 Å². The van der Waals surface area contributed by atoms with Gasteiger partial charge in [-0.1, -0.05) is 31.5 Å². The largest absolute Gasteiger partial charge is 0.492 e. The molecular formula is C15H22ClNO. The highest BCUT2D eigenvalue weighted by atomic mass is 35.5. The van der Waals surface area contributed by atoms with Crippen molar-refractivity contribution in [1.29, 1.82) is 0 Å². The molecule has 0 amide bonds. The Balaban J connectivity index is 1.83. The molecule has 1 aromatic rings. The fourth-order valence-corrected chi connectivity index (χ4v) is 1.98. The predicted octanol–water partition coefficient (Wildman–Crippen LogP) is 4.02. The molecule has 0 spiro atoms. The molecule has 2 rings (SSSR count). The molecule has 1 aliphatic carbocycles. The highest BCUT2D eigenvalue weighted by Gasteiger charge is 2.19. The van der Waals surface area contributed by atoms with Gasteiger partial charge in [-0.25, -0.2) is 0 Å². The number of rotatable bonds is 7. The van der Waals surface area contributed by atoms with Crippen LogP contribution in [0.4, 0.5) is 0 Å². The summed E-state index contributed by atoms with van der Waals surface area (Å²) < 4.78 is 5.69. The molecule has 0 saturated heterocycles. The van der Waals surface area contributed by atoms with Crippen molar-refractivity contribution in [1.82, 2.24) is 5.32 Å². The van der Waals surface area contributed by atoms with Gasteiger partial charge in [0.15, 0.2) is 0 Å². The number of hydrogen-bond donors (Lipinski definition) is 1. The maximum atomic E-state index is 6.22. The van der Waals surface area contributed by atoms with Gasteiger partial charge in [-0.3, -0.25) is 0 Å². The lowest BCUT2D eigenvalue weighted by molar-refractivity contribution is 0.289. The van der Waals surface area contributed by atoms with Crippen molar-refractivity contribution < 1.29 is 4.74 Å². The van der Waals surface area contributed by atoms with Gasteiger partial charge in [-0.15, -0.1) is 0 Å². The molecule has 0 aromatic heterocycles. The molecule has 1 aromatic carbocycles. The van der Waals surface area contributed by atoms with Crippen LogP contribution in [0.15, 0.2) is 18.2 Å². The van der Waals surface area contributed by atoms with Crippen LogP contribution < -0.4 is 10.1 Å². The van der Waals surface area contributed by atoms with Crippen LogP contribution in [0.1, 0.15) is 38.7 Å². The standard InChI is InChI=1S/C15H22ClNO/c1-11(2)7-8-18-15-6-3-12(9-14(15)16)10-17-13-4-5-13/h3,6,9,11,13,17H,4-5,7-8,10H2,1-2H3. The van der Waals surface area contributed by atoms with Crippen molar-refractivity contribution in [2.75, 3.05) is 6.61 Å². The van der Waals surface area contributed by atoms with Crippen LogP contribution >= 0.6 is 11.6 Å². The molecule has 0 aliphatic heterocycles. The minimum Gasteiger partial charge on any atom is -0.492 e. The summed E-state index contributed by atoms with van der Waals surface area (Å²) >= 11 is 6.22. The molecule has 2 nitrogen and oxygen atoms in total. The summed E-state index contributed by atoms with van der Waals surface area (Å²) in [5.74, 6) is 1.46. The van der Waals surface area contributed by atoms with Gasteiger partial charge in [-0.05, 0) is 42.9 Å². The topological polar surface area (TPSA) is 21.3 Å². The molecule has 0 unspecified atom stereocenters. The molecule has 1 fully saturated rings. The lowest BCUT2D eigenvalue weighted by Crippen LogP contribution is -2.15. The Labute approximate surface area is 115 Å². The lowest BCUT2D eigenvalue weighted by atomic mass is 10.1. The van der Waals surface area contributed by atoms with Crippen LogP contribution in [0.2, 0.25) is 5.02 Å². The van der Waals surface area contributed by atoms with E-state index in [1.807, 2.05) is 12.1 Å². The van der Waals surface area contributed by atoms with Crippen LogP contribution in [-0.4, -0.2) is 12.6 Å². The lowest BCUT2D eigenvalue weighted by Gasteiger charge is -2.11. The van der Waals surface area contributed by atoms with E-state index in [-0.39, 0.29) is 0 Å². The van der Waals surface area contributed by atoms with E-state index in [2.05, 4.69) is 25.2 Å². The SMILES string of the molecule is CC(C)CCOc1ccc(CNC2CC2)cc1Cl. The summed E-state index contributed by atoms with van der Waals surface area (Å²) in [5.41, 5.74) is 1.23. The second kappa shape index (κ2) is 6.44. The minimum absolute atomic E-state index is 0.658. The van der Waals surface area contributed by atoms with Crippen LogP contribution in [0, 0.1) is 5.92 Å². The molecule has 100 valence electrons. The Morgan fingerprint density at radius 3 is 2.78 bits per heavy atom. The summed E-state index contributed by atoms with van der Waals surface area (Å²) in [4.78, 5) is 0. The molecule has 1 aliphatic rings. The van der Waals surface area contributed by atoms with Crippen molar-refractivity contribution in [3.8, 4) is 5.75 Å². The quantitative estimate of drug-likeness (QED) is 0.806. The van der Waals surface area contributed by atoms with Gasteiger partial charge in [0, 0.05) is 12.6 Å². The first-order valence-electron chi connectivity index (χ1n) is 6.80. The second-order valence-electron chi connectivity index (χ2n) is 5.45. The first-order chi connectivity index (χ1) is 8.65. The molecule has 0 radical (unpaired) electrons. The van der Waals surface area contributed by atoms with E-state index in [0.29, 0.717) is 10.9 Å². The van der Waals surface area contributed by atoms with Crippen LogP contribution in [-0.2, 0) is 6.54 Å². The molecule has 1 saturated carbocycles. The number of ether oxygens (including phenoxy) is 1. The maximum Gasteiger partial charge on any atom is 0.137 e. The fourth-order valence-electron chi connectivity index (χ4n) is 1.73. The Bertz CT molecular complexity index is 388. The zero-order valence-electron chi connectivity index (χ0n) is 11.2. The van der Waals surface area contributed by atoms with Crippen LogP contribution in [0.5, 0.6) is 5.75 Å². The van der Waals surface area contributed by atoms with E-state index in [1.165, 1.54) is 18.4 Å². The molecule has 0 bridgehead atoms.